The fourth-order valence-corrected chi connectivity index (χ4v) is 3.16. The van der Waals surface area contributed by atoms with Crippen LogP contribution in [0.1, 0.15) is 32.1 Å². The highest BCUT2D eigenvalue weighted by Gasteiger charge is 2.18. The summed E-state index contributed by atoms with van der Waals surface area (Å²) >= 11 is 0. The van der Waals surface area contributed by atoms with Crippen LogP contribution in [0.15, 0.2) is 72.8 Å². The Morgan fingerprint density at radius 1 is 0.600 bits per heavy atom. The number of carbonyl (C=O) groups excluding carboxylic acids is 2. The highest BCUT2D eigenvalue weighted by Crippen LogP contribution is 2.19. The Morgan fingerprint density at radius 2 is 0.967 bits per heavy atom. The number of carbonyl (C=O) groups is 2. The summed E-state index contributed by atoms with van der Waals surface area (Å²) in [5, 5.41) is 18.9. The van der Waals surface area contributed by atoms with E-state index in [1.54, 1.807) is 24.3 Å². The number of hydrogen-bond donors (Lipinski definition) is 2. The Kier molecular flexibility index (Phi) is 5.22. The summed E-state index contributed by atoms with van der Waals surface area (Å²) in [5.74, 6) is -0.203. The second-order valence-corrected chi connectivity index (χ2v) is 6.90. The van der Waals surface area contributed by atoms with Crippen LogP contribution in [0.4, 0.5) is 0 Å². The standard InChI is InChI=1S/C24H18N2O4/c27-17-9-5-15(6-10-17)23(29)13-21-22(26-20-4-2-1-3-19(20)25-21)14-24(30)16-7-11-18(28)12-8-16/h1-12,27-28H,13-14H2. The number of phenolic OH excluding ortho intramolecular Hbond substituents is 2. The molecule has 4 rings (SSSR count). The molecule has 0 aliphatic rings. The Hall–Kier alpha value is -4.06. The first-order chi connectivity index (χ1) is 14.5. The summed E-state index contributed by atoms with van der Waals surface area (Å²) in [6, 6.07) is 19.3. The van der Waals surface area contributed by atoms with Crippen molar-refractivity contribution in [3.05, 3.63) is 95.3 Å². The second-order valence-electron chi connectivity index (χ2n) is 6.90. The highest BCUT2D eigenvalue weighted by atomic mass is 16.3. The van der Waals surface area contributed by atoms with Crippen molar-refractivity contribution in [1.82, 2.24) is 9.97 Å². The first kappa shape index (κ1) is 19.3. The number of nitrogens with zero attached hydrogens (tertiary/aromatic N) is 2. The zero-order valence-corrected chi connectivity index (χ0v) is 15.9. The zero-order valence-electron chi connectivity index (χ0n) is 15.9. The monoisotopic (exact) mass is 398 g/mol. The lowest BCUT2D eigenvalue weighted by atomic mass is 10.0. The Morgan fingerprint density at radius 3 is 1.33 bits per heavy atom. The molecule has 0 aliphatic carbocycles. The predicted octanol–water partition coefficient (Wildman–Crippen LogP) is 3.89. The number of rotatable bonds is 6. The summed E-state index contributed by atoms with van der Waals surface area (Å²) in [7, 11) is 0. The lowest BCUT2D eigenvalue weighted by Gasteiger charge is -2.10. The lowest BCUT2D eigenvalue weighted by Crippen LogP contribution is -2.13. The molecule has 3 aromatic carbocycles. The third-order valence-electron chi connectivity index (χ3n) is 4.76. The van der Waals surface area contributed by atoms with Crippen LogP contribution in [0, 0.1) is 0 Å². The molecule has 0 bridgehead atoms. The molecule has 2 N–H and O–H groups in total. The van der Waals surface area contributed by atoms with Crippen LogP contribution in [0.25, 0.3) is 11.0 Å². The molecule has 0 radical (unpaired) electrons. The van der Waals surface area contributed by atoms with Gasteiger partial charge in [0, 0.05) is 11.1 Å². The van der Waals surface area contributed by atoms with E-state index in [1.165, 1.54) is 24.3 Å². The molecule has 0 atom stereocenters. The molecule has 6 heteroatoms. The summed E-state index contributed by atoms with van der Waals surface area (Å²) in [5.41, 5.74) is 3.06. The fraction of sp³-hybridized carbons (Fsp3) is 0.0833. The van der Waals surface area contributed by atoms with Gasteiger partial charge in [-0.15, -0.1) is 0 Å². The zero-order chi connectivity index (χ0) is 21.1. The van der Waals surface area contributed by atoms with Crippen LogP contribution in [0.5, 0.6) is 11.5 Å². The van der Waals surface area contributed by atoms with Gasteiger partial charge in [0.1, 0.15) is 11.5 Å². The minimum absolute atomic E-state index is 0.0131. The lowest BCUT2D eigenvalue weighted by molar-refractivity contribution is 0.0977. The van der Waals surface area contributed by atoms with Crippen molar-refractivity contribution in [3.8, 4) is 11.5 Å². The van der Waals surface area contributed by atoms with Crippen LogP contribution < -0.4 is 0 Å². The first-order valence-corrected chi connectivity index (χ1v) is 9.38. The van der Waals surface area contributed by atoms with E-state index in [2.05, 4.69) is 9.97 Å². The molecule has 0 amide bonds. The molecule has 0 saturated carbocycles. The molecule has 4 aromatic rings. The summed E-state index contributed by atoms with van der Waals surface area (Å²) in [6.07, 6.45) is -0.0262. The maximum Gasteiger partial charge on any atom is 0.168 e. The first-order valence-electron chi connectivity index (χ1n) is 9.38. The van der Waals surface area contributed by atoms with Crippen LogP contribution in [0.3, 0.4) is 0 Å². The maximum atomic E-state index is 12.7. The normalized spacial score (nSPS) is 10.8. The minimum Gasteiger partial charge on any atom is -0.508 e. The van der Waals surface area contributed by atoms with Crippen molar-refractivity contribution in [3.63, 3.8) is 0 Å². The van der Waals surface area contributed by atoms with Gasteiger partial charge in [-0.1, -0.05) is 12.1 Å². The quantitative estimate of drug-likeness (QED) is 0.478. The molecule has 30 heavy (non-hydrogen) atoms. The van der Waals surface area contributed by atoms with Gasteiger partial charge >= 0.3 is 0 Å². The van der Waals surface area contributed by atoms with Gasteiger partial charge < -0.3 is 10.2 Å². The molecule has 0 unspecified atom stereocenters. The van der Waals surface area contributed by atoms with Crippen molar-refractivity contribution >= 4 is 22.6 Å². The van der Waals surface area contributed by atoms with Gasteiger partial charge in [0.25, 0.3) is 0 Å². The van der Waals surface area contributed by atoms with Gasteiger partial charge in [-0.3, -0.25) is 9.59 Å². The summed E-state index contributed by atoms with van der Waals surface area (Å²) in [6.45, 7) is 0. The maximum absolute atomic E-state index is 12.7. The molecule has 148 valence electrons. The molecule has 6 nitrogen and oxygen atoms in total. The third kappa shape index (κ3) is 4.17. The van der Waals surface area contributed by atoms with Crippen molar-refractivity contribution in [2.75, 3.05) is 0 Å². The van der Waals surface area contributed by atoms with Crippen molar-refractivity contribution in [2.24, 2.45) is 0 Å². The van der Waals surface area contributed by atoms with E-state index < -0.39 is 0 Å². The van der Waals surface area contributed by atoms with Crippen LogP contribution in [0.2, 0.25) is 0 Å². The van der Waals surface area contributed by atoms with Gasteiger partial charge in [0.15, 0.2) is 11.6 Å². The number of benzene rings is 3. The Balaban J connectivity index is 1.68. The van der Waals surface area contributed by atoms with Crippen LogP contribution >= 0.6 is 0 Å². The van der Waals surface area contributed by atoms with E-state index in [0.29, 0.717) is 33.5 Å². The molecular formula is C24H18N2O4. The molecule has 0 spiro atoms. The number of para-hydroxylation sites is 2. The van der Waals surface area contributed by atoms with Gasteiger partial charge in [-0.05, 0) is 60.7 Å². The van der Waals surface area contributed by atoms with E-state index in [0.717, 1.165) is 0 Å². The molecule has 0 aliphatic heterocycles. The Labute approximate surface area is 172 Å². The minimum atomic E-state index is -0.182. The largest absolute Gasteiger partial charge is 0.508 e. The second kappa shape index (κ2) is 8.13. The summed E-state index contributed by atoms with van der Waals surface area (Å²) in [4.78, 5) is 34.7. The van der Waals surface area contributed by atoms with Crippen molar-refractivity contribution in [1.29, 1.82) is 0 Å². The number of ketones is 2. The van der Waals surface area contributed by atoms with E-state index in [9.17, 15) is 19.8 Å². The highest BCUT2D eigenvalue weighted by molar-refractivity contribution is 5.99. The number of hydrogen-bond acceptors (Lipinski definition) is 6. The smallest absolute Gasteiger partial charge is 0.168 e. The molecule has 1 heterocycles. The fourth-order valence-electron chi connectivity index (χ4n) is 3.16. The van der Waals surface area contributed by atoms with Gasteiger partial charge in [-0.25, -0.2) is 9.97 Å². The van der Waals surface area contributed by atoms with E-state index in [1.807, 2.05) is 24.3 Å². The van der Waals surface area contributed by atoms with Gasteiger partial charge in [0.2, 0.25) is 0 Å². The molecule has 0 saturated heterocycles. The van der Waals surface area contributed by atoms with E-state index in [-0.39, 0.29) is 35.9 Å². The topological polar surface area (TPSA) is 100 Å². The van der Waals surface area contributed by atoms with E-state index >= 15 is 0 Å². The van der Waals surface area contributed by atoms with Crippen molar-refractivity contribution in [2.45, 2.75) is 12.8 Å². The molecule has 0 fully saturated rings. The number of fused-ring (bicyclic) bond motifs is 1. The Bertz CT molecular complexity index is 1130. The molecular weight excluding hydrogens is 380 g/mol. The van der Waals surface area contributed by atoms with Crippen LogP contribution in [-0.4, -0.2) is 31.7 Å². The van der Waals surface area contributed by atoms with Crippen LogP contribution in [-0.2, 0) is 12.8 Å². The average Bonchev–Trinajstić information content (AvgIpc) is 2.75. The summed E-state index contributed by atoms with van der Waals surface area (Å²) < 4.78 is 0. The predicted molar refractivity (Wildman–Crippen MR) is 112 cm³/mol. The third-order valence-corrected chi connectivity index (χ3v) is 4.76. The number of aromatic nitrogens is 2. The average molecular weight is 398 g/mol. The number of Topliss-reactive ketones (excluding diaryl/α,β-unsaturated/α-hetero) is 2. The van der Waals surface area contributed by atoms with Gasteiger partial charge in [-0.2, -0.15) is 0 Å². The van der Waals surface area contributed by atoms with Crippen molar-refractivity contribution < 1.29 is 19.8 Å². The van der Waals surface area contributed by atoms with Gasteiger partial charge in [0.05, 0.1) is 35.3 Å². The number of aromatic hydroxyl groups is 2. The number of phenols is 2. The molecule has 1 aromatic heterocycles. The SMILES string of the molecule is O=C(Cc1nc2ccccc2nc1CC(=O)c1ccc(O)cc1)c1ccc(O)cc1. The van der Waals surface area contributed by atoms with E-state index in [4.69, 9.17) is 0 Å².